The van der Waals surface area contributed by atoms with Crippen molar-refractivity contribution in [2.75, 3.05) is 24.7 Å². The number of nitrogens with zero attached hydrogens (tertiary/aromatic N) is 1. The van der Waals surface area contributed by atoms with Gasteiger partial charge < -0.3 is 19.9 Å². The molecule has 1 heterocycles. The van der Waals surface area contributed by atoms with Crippen LogP contribution in [-0.4, -0.2) is 32.4 Å². The second kappa shape index (κ2) is 4.42. The zero-order chi connectivity index (χ0) is 14.4. The molecular formula is C14H23BN2O2. The molecule has 5 heteroatoms. The Morgan fingerprint density at radius 2 is 1.58 bits per heavy atom. The van der Waals surface area contributed by atoms with Gasteiger partial charge in [0.1, 0.15) is 0 Å². The maximum absolute atomic E-state index is 6.04. The van der Waals surface area contributed by atoms with Gasteiger partial charge in [0.2, 0.25) is 0 Å². The van der Waals surface area contributed by atoms with Gasteiger partial charge in [-0.05, 0) is 45.3 Å². The molecule has 0 unspecified atom stereocenters. The van der Waals surface area contributed by atoms with E-state index in [1.54, 1.807) is 0 Å². The number of hydrogen-bond donors (Lipinski definition) is 1. The van der Waals surface area contributed by atoms with Gasteiger partial charge in [0.15, 0.2) is 0 Å². The molecule has 0 atom stereocenters. The van der Waals surface area contributed by atoms with E-state index < -0.39 is 0 Å². The van der Waals surface area contributed by atoms with Crippen LogP contribution in [0.15, 0.2) is 18.2 Å². The average molecular weight is 262 g/mol. The van der Waals surface area contributed by atoms with Crippen molar-refractivity contribution in [3.63, 3.8) is 0 Å². The second-order valence-electron chi connectivity index (χ2n) is 6.30. The molecule has 2 N–H and O–H groups in total. The molecule has 1 aromatic rings. The normalized spacial score (nSPS) is 20.6. The fourth-order valence-corrected chi connectivity index (χ4v) is 2.07. The smallest absolute Gasteiger partial charge is 0.399 e. The highest BCUT2D eigenvalue weighted by Crippen LogP contribution is 2.36. The maximum Gasteiger partial charge on any atom is 0.494 e. The molecule has 0 aromatic heterocycles. The molecule has 104 valence electrons. The van der Waals surface area contributed by atoms with Crippen LogP contribution >= 0.6 is 0 Å². The van der Waals surface area contributed by atoms with E-state index >= 15 is 0 Å². The average Bonchev–Trinajstić information content (AvgIpc) is 2.48. The van der Waals surface area contributed by atoms with E-state index in [4.69, 9.17) is 15.0 Å². The highest BCUT2D eigenvalue weighted by atomic mass is 16.7. The monoisotopic (exact) mass is 262 g/mol. The number of benzene rings is 1. The van der Waals surface area contributed by atoms with Gasteiger partial charge in [-0.25, -0.2) is 0 Å². The fourth-order valence-electron chi connectivity index (χ4n) is 2.07. The molecule has 0 spiro atoms. The van der Waals surface area contributed by atoms with Crippen molar-refractivity contribution in [2.24, 2.45) is 0 Å². The van der Waals surface area contributed by atoms with Crippen LogP contribution in [0, 0.1) is 0 Å². The number of hydrogen-bond acceptors (Lipinski definition) is 4. The molecule has 1 aromatic carbocycles. The SMILES string of the molecule is CN(C)c1cc(B2OC(C)(C)C(C)(C)O2)ccc1N. The van der Waals surface area contributed by atoms with E-state index in [1.165, 1.54) is 0 Å². The predicted molar refractivity (Wildman–Crippen MR) is 80.9 cm³/mol. The highest BCUT2D eigenvalue weighted by molar-refractivity contribution is 6.62. The van der Waals surface area contributed by atoms with Crippen molar-refractivity contribution in [3.8, 4) is 0 Å². The zero-order valence-corrected chi connectivity index (χ0v) is 12.7. The first-order chi connectivity index (χ1) is 8.64. The summed E-state index contributed by atoms with van der Waals surface area (Å²) in [7, 11) is 3.60. The van der Waals surface area contributed by atoms with Crippen LogP contribution in [0.5, 0.6) is 0 Å². The minimum absolute atomic E-state index is 0.322. The Labute approximate surface area is 116 Å². The van der Waals surface area contributed by atoms with E-state index in [1.807, 2.05) is 37.2 Å². The molecule has 1 fully saturated rings. The minimum Gasteiger partial charge on any atom is -0.399 e. The summed E-state index contributed by atoms with van der Waals surface area (Å²) in [6.07, 6.45) is 0. The summed E-state index contributed by atoms with van der Waals surface area (Å²) >= 11 is 0. The van der Waals surface area contributed by atoms with Crippen LogP contribution in [0.1, 0.15) is 27.7 Å². The van der Waals surface area contributed by atoms with Gasteiger partial charge in [-0.1, -0.05) is 6.07 Å². The summed E-state index contributed by atoms with van der Waals surface area (Å²) in [6, 6.07) is 5.89. The van der Waals surface area contributed by atoms with E-state index in [2.05, 4.69) is 27.7 Å². The van der Waals surface area contributed by atoms with Crippen LogP contribution in [-0.2, 0) is 9.31 Å². The van der Waals surface area contributed by atoms with Gasteiger partial charge in [0, 0.05) is 14.1 Å². The summed E-state index contributed by atoms with van der Waals surface area (Å²) in [5.41, 5.74) is 8.06. The topological polar surface area (TPSA) is 47.7 Å². The molecule has 0 bridgehead atoms. The zero-order valence-electron chi connectivity index (χ0n) is 12.7. The molecule has 2 rings (SSSR count). The van der Waals surface area contributed by atoms with Gasteiger partial charge in [0.25, 0.3) is 0 Å². The first-order valence-electron chi connectivity index (χ1n) is 6.56. The lowest BCUT2D eigenvalue weighted by atomic mass is 9.78. The lowest BCUT2D eigenvalue weighted by Gasteiger charge is -2.32. The Morgan fingerprint density at radius 3 is 2.05 bits per heavy atom. The van der Waals surface area contributed by atoms with Gasteiger partial charge in [0.05, 0.1) is 22.6 Å². The Morgan fingerprint density at radius 1 is 1.05 bits per heavy atom. The summed E-state index contributed by atoms with van der Waals surface area (Å²) in [5, 5.41) is 0. The number of nitrogen functional groups attached to an aromatic ring is 1. The van der Waals surface area contributed by atoms with Gasteiger partial charge in [-0.3, -0.25) is 0 Å². The Bertz CT molecular complexity index is 470. The number of anilines is 2. The number of rotatable bonds is 2. The largest absolute Gasteiger partial charge is 0.494 e. The highest BCUT2D eigenvalue weighted by Gasteiger charge is 2.51. The third-order valence-electron chi connectivity index (χ3n) is 4.06. The molecule has 1 aliphatic rings. The lowest BCUT2D eigenvalue weighted by molar-refractivity contribution is 0.00578. The summed E-state index contributed by atoms with van der Waals surface area (Å²) in [4.78, 5) is 1.99. The van der Waals surface area contributed by atoms with Crippen LogP contribution in [0.4, 0.5) is 11.4 Å². The van der Waals surface area contributed by atoms with Crippen molar-refractivity contribution in [1.29, 1.82) is 0 Å². The fraction of sp³-hybridized carbons (Fsp3) is 0.571. The Hall–Kier alpha value is -1.20. The van der Waals surface area contributed by atoms with E-state index in [9.17, 15) is 0 Å². The van der Waals surface area contributed by atoms with Gasteiger partial charge in [-0.15, -0.1) is 0 Å². The van der Waals surface area contributed by atoms with Crippen molar-refractivity contribution in [2.45, 2.75) is 38.9 Å². The quantitative estimate of drug-likeness (QED) is 0.650. The molecule has 0 radical (unpaired) electrons. The first-order valence-corrected chi connectivity index (χ1v) is 6.56. The van der Waals surface area contributed by atoms with Crippen LogP contribution in [0.25, 0.3) is 0 Å². The van der Waals surface area contributed by atoms with E-state index in [0.717, 1.165) is 16.8 Å². The van der Waals surface area contributed by atoms with Crippen molar-refractivity contribution in [1.82, 2.24) is 0 Å². The maximum atomic E-state index is 6.04. The van der Waals surface area contributed by atoms with Crippen molar-refractivity contribution >= 4 is 24.0 Å². The number of nitrogens with two attached hydrogens (primary N) is 1. The summed E-state index contributed by atoms with van der Waals surface area (Å²) < 4.78 is 12.1. The van der Waals surface area contributed by atoms with Crippen LogP contribution < -0.4 is 16.1 Å². The van der Waals surface area contributed by atoms with Gasteiger partial charge in [-0.2, -0.15) is 0 Å². The van der Waals surface area contributed by atoms with Gasteiger partial charge >= 0.3 is 7.12 Å². The Kier molecular flexibility index (Phi) is 3.31. The standard InChI is InChI=1S/C14H23BN2O2/c1-13(2)14(3,4)19-15(18-13)10-7-8-11(16)12(9-10)17(5)6/h7-9H,16H2,1-6H3. The van der Waals surface area contributed by atoms with Crippen LogP contribution in [0.3, 0.4) is 0 Å². The Balaban J connectivity index is 2.32. The van der Waals surface area contributed by atoms with E-state index in [-0.39, 0.29) is 18.3 Å². The molecule has 19 heavy (non-hydrogen) atoms. The molecule has 1 saturated heterocycles. The predicted octanol–water partition coefficient (Wildman–Crippen LogP) is 1.63. The molecule has 4 nitrogen and oxygen atoms in total. The molecular weight excluding hydrogens is 239 g/mol. The lowest BCUT2D eigenvalue weighted by Crippen LogP contribution is -2.41. The summed E-state index contributed by atoms with van der Waals surface area (Å²) in [6.45, 7) is 8.21. The molecule has 0 amide bonds. The second-order valence-corrected chi connectivity index (χ2v) is 6.30. The van der Waals surface area contributed by atoms with Crippen molar-refractivity contribution < 1.29 is 9.31 Å². The third kappa shape index (κ3) is 2.45. The molecule has 1 aliphatic heterocycles. The summed E-state index contributed by atoms with van der Waals surface area (Å²) in [5.74, 6) is 0. The minimum atomic E-state index is -0.343. The third-order valence-corrected chi connectivity index (χ3v) is 4.06. The van der Waals surface area contributed by atoms with Crippen molar-refractivity contribution in [3.05, 3.63) is 18.2 Å². The first kappa shape index (κ1) is 14.2. The molecule has 0 aliphatic carbocycles. The molecule has 0 saturated carbocycles. The van der Waals surface area contributed by atoms with E-state index in [0.29, 0.717) is 0 Å². The van der Waals surface area contributed by atoms with Crippen LogP contribution in [0.2, 0.25) is 0 Å².